The van der Waals surface area contributed by atoms with Crippen LogP contribution in [0, 0.1) is 0 Å². The molecule has 0 unspecified atom stereocenters. The van der Waals surface area contributed by atoms with Crippen LogP contribution in [0.4, 0.5) is 0 Å². The molecule has 0 aliphatic carbocycles. The average molecular weight is 361 g/mol. The smallest absolute Gasteiger partial charge is 0.223 e. The Balaban J connectivity index is 1.37. The maximum absolute atomic E-state index is 12.6. The zero-order chi connectivity index (χ0) is 18.6. The first kappa shape index (κ1) is 17.3. The van der Waals surface area contributed by atoms with E-state index in [4.69, 9.17) is 4.74 Å². The van der Waals surface area contributed by atoms with Gasteiger partial charge in [0.1, 0.15) is 5.75 Å². The van der Waals surface area contributed by atoms with Crippen LogP contribution in [0.15, 0.2) is 54.9 Å². The van der Waals surface area contributed by atoms with Gasteiger partial charge >= 0.3 is 0 Å². The molecule has 0 radical (unpaired) electrons. The highest BCUT2D eigenvalue weighted by atomic mass is 16.5. The summed E-state index contributed by atoms with van der Waals surface area (Å²) in [6.07, 6.45) is 8.14. The van der Waals surface area contributed by atoms with Gasteiger partial charge in [-0.3, -0.25) is 9.78 Å². The summed E-state index contributed by atoms with van der Waals surface area (Å²) in [6, 6.07) is 11.9. The number of benzene rings is 1. The van der Waals surface area contributed by atoms with E-state index in [1.165, 1.54) is 5.57 Å². The van der Waals surface area contributed by atoms with E-state index in [-0.39, 0.29) is 5.91 Å². The molecule has 138 valence electrons. The fourth-order valence-corrected chi connectivity index (χ4v) is 3.54. The van der Waals surface area contributed by atoms with Gasteiger partial charge in [0.05, 0.1) is 18.1 Å². The molecule has 0 saturated heterocycles. The number of aromatic amines is 1. The molecule has 5 heteroatoms. The molecule has 0 bridgehead atoms. The van der Waals surface area contributed by atoms with Crippen molar-refractivity contribution in [2.24, 2.45) is 0 Å². The van der Waals surface area contributed by atoms with E-state index >= 15 is 0 Å². The fourth-order valence-electron chi connectivity index (χ4n) is 3.54. The third-order valence-electron chi connectivity index (χ3n) is 5.13. The number of methoxy groups -OCH3 is 1. The second-order valence-electron chi connectivity index (χ2n) is 6.77. The molecule has 3 aromatic rings. The van der Waals surface area contributed by atoms with Crippen molar-refractivity contribution in [3.05, 3.63) is 66.0 Å². The van der Waals surface area contributed by atoms with E-state index in [1.807, 2.05) is 53.7 Å². The fraction of sp³-hybridized carbons (Fsp3) is 0.273. The van der Waals surface area contributed by atoms with Gasteiger partial charge in [0.15, 0.2) is 0 Å². The number of pyridine rings is 1. The highest BCUT2D eigenvalue weighted by Gasteiger charge is 2.19. The molecule has 0 saturated carbocycles. The Morgan fingerprint density at radius 1 is 1.26 bits per heavy atom. The highest BCUT2D eigenvalue weighted by Crippen LogP contribution is 2.28. The van der Waals surface area contributed by atoms with Crippen molar-refractivity contribution in [3.63, 3.8) is 0 Å². The summed E-state index contributed by atoms with van der Waals surface area (Å²) in [5, 5.41) is 0. The van der Waals surface area contributed by atoms with E-state index in [2.05, 4.69) is 16.0 Å². The van der Waals surface area contributed by atoms with Crippen molar-refractivity contribution in [3.8, 4) is 5.75 Å². The molecule has 4 rings (SSSR count). The Bertz CT molecular complexity index is 973. The maximum atomic E-state index is 12.6. The van der Waals surface area contributed by atoms with Crippen molar-refractivity contribution in [1.29, 1.82) is 0 Å². The zero-order valence-electron chi connectivity index (χ0n) is 15.4. The number of fused-ring (bicyclic) bond motifs is 1. The van der Waals surface area contributed by atoms with E-state index in [0.29, 0.717) is 13.0 Å². The number of nitrogens with one attached hydrogen (secondary N) is 1. The molecule has 0 atom stereocenters. The lowest BCUT2D eigenvalue weighted by Crippen LogP contribution is -2.34. The van der Waals surface area contributed by atoms with Crippen molar-refractivity contribution < 1.29 is 9.53 Å². The Kier molecular flexibility index (Phi) is 4.92. The molecule has 1 aromatic carbocycles. The predicted molar refractivity (Wildman–Crippen MR) is 107 cm³/mol. The summed E-state index contributed by atoms with van der Waals surface area (Å²) in [6.45, 7) is 1.42. The van der Waals surface area contributed by atoms with Crippen molar-refractivity contribution in [2.75, 3.05) is 20.2 Å². The van der Waals surface area contributed by atoms with Crippen LogP contribution >= 0.6 is 0 Å². The van der Waals surface area contributed by atoms with Gasteiger partial charge in [-0.05, 0) is 48.2 Å². The summed E-state index contributed by atoms with van der Waals surface area (Å²) >= 11 is 0. The number of carbonyl (C=O) groups excluding carboxylic acids is 1. The zero-order valence-corrected chi connectivity index (χ0v) is 15.4. The Morgan fingerprint density at radius 2 is 2.11 bits per heavy atom. The third kappa shape index (κ3) is 3.72. The molecule has 1 N–H and O–H groups in total. The van der Waals surface area contributed by atoms with Crippen LogP contribution in [-0.2, 0) is 11.2 Å². The number of rotatable bonds is 5. The van der Waals surface area contributed by atoms with Crippen LogP contribution in [0.1, 0.15) is 24.0 Å². The van der Waals surface area contributed by atoms with Gasteiger partial charge in [-0.2, -0.15) is 0 Å². The number of nitrogens with zero attached hydrogens (tertiary/aromatic N) is 2. The van der Waals surface area contributed by atoms with Gasteiger partial charge in [0, 0.05) is 37.5 Å². The molecule has 1 aliphatic rings. The van der Waals surface area contributed by atoms with E-state index < -0.39 is 0 Å². The lowest BCUT2D eigenvalue weighted by atomic mass is 10.0. The molecule has 2 aromatic heterocycles. The lowest BCUT2D eigenvalue weighted by Gasteiger charge is -2.26. The number of amides is 1. The van der Waals surface area contributed by atoms with E-state index in [9.17, 15) is 4.79 Å². The second-order valence-corrected chi connectivity index (χ2v) is 6.77. The van der Waals surface area contributed by atoms with Gasteiger partial charge in [0.2, 0.25) is 5.91 Å². The molecule has 0 spiro atoms. The minimum Gasteiger partial charge on any atom is -0.497 e. The number of hydrogen-bond acceptors (Lipinski definition) is 3. The molecule has 0 fully saturated rings. The first-order valence-corrected chi connectivity index (χ1v) is 9.27. The number of H-pyrrole nitrogens is 1. The molecular formula is C22H23N3O2. The van der Waals surface area contributed by atoms with Crippen molar-refractivity contribution >= 4 is 22.5 Å². The standard InChI is InChI=1S/C22H23N3O2/c1-27-18-7-4-16(5-8-18)6-9-21(26)25-13-10-17(11-14-25)19-15-24-20-3-2-12-23-22(19)20/h2-5,7-8,10,12,15,24H,6,9,11,13-14H2,1H3. The summed E-state index contributed by atoms with van der Waals surface area (Å²) in [5.41, 5.74) is 5.62. The van der Waals surface area contributed by atoms with Crippen molar-refractivity contribution in [2.45, 2.75) is 19.3 Å². The number of aromatic nitrogens is 2. The molecule has 1 aliphatic heterocycles. The highest BCUT2D eigenvalue weighted by molar-refractivity contribution is 5.90. The van der Waals surface area contributed by atoms with E-state index in [0.717, 1.165) is 47.3 Å². The monoisotopic (exact) mass is 361 g/mol. The average Bonchev–Trinajstić information content (AvgIpc) is 3.16. The van der Waals surface area contributed by atoms with Gasteiger partial charge in [-0.1, -0.05) is 18.2 Å². The Hall–Kier alpha value is -3.08. The predicted octanol–water partition coefficient (Wildman–Crippen LogP) is 3.82. The molecule has 5 nitrogen and oxygen atoms in total. The van der Waals surface area contributed by atoms with E-state index in [1.54, 1.807) is 7.11 Å². The quantitative estimate of drug-likeness (QED) is 0.752. The van der Waals surface area contributed by atoms with Crippen LogP contribution in [0.3, 0.4) is 0 Å². The second kappa shape index (κ2) is 7.66. The van der Waals surface area contributed by atoms with Crippen LogP contribution in [0.2, 0.25) is 0 Å². The minimum atomic E-state index is 0.207. The SMILES string of the molecule is COc1ccc(CCC(=O)N2CC=C(c3c[nH]c4cccnc34)CC2)cc1. The van der Waals surface area contributed by atoms with Crippen LogP contribution in [0.5, 0.6) is 5.75 Å². The summed E-state index contributed by atoms with van der Waals surface area (Å²) in [7, 11) is 1.66. The van der Waals surface area contributed by atoms with Crippen LogP contribution in [-0.4, -0.2) is 41.0 Å². The maximum Gasteiger partial charge on any atom is 0.223 e. The van der Waals surface area contributed by atoms with Gasteiger partial charge in [-0.15, -0.1) is 0 Å². The molecule has 3 heterocycles. The summed E-state index contributed by atoms with van der Waals surface area (Å²) < 4.78 is 5.17. The van der Waals surface area contributed by atoms with Crippen LogP contribution in [0.25, 0.3) is 16.6 Å². The number of ether oxygens (including phenoxy) is 1. The van der Waals surface area contributed by atoms with Gasteiger partial charge < -0.3 is 14.6 Å². The lowest BCUT2D eigenvalue weighted by molar-refractivity contribution is -0.130. The first-order valence-electron chi connectivity index (χ1n) is 9.27. The first-order chi connectivity index (χ1) is 13.2. The third-order valence-corrected chi connectivity index (χ3v) is 5.13. The molecule has 1 amide bonds. The van der Waals surface area contributed by atoms with Crippen molar-refractivity contribution in [1.82, 2.24) is 14.9 Å². The summed E-state index contributed by atoms with van der Waals surface area (Å²) in [5.74, 6) is 1.05. The number of hydrogen-bond donors (Lipinski definition) is 1. The molecular weight excluding hydrogens is 338 g/mol. The largest absolute Gasteiger partial charge is 0.497 e. The number of aryl methyl sites for hydroxylation is 1. The normalized spacial score (nSPS) is 14.3. The number of carbonyl (C=O) groups is 1. The Morgan fingerprint density at radius 3 is 2.85 bits per heavy atom. The van der Waals surface area contributed by atoms with Crippen LogP contribution < -0.4 is 4.74 Å². The van der Waals surface area contributed by atoms with Gasteiger partial charge in [0.25, 0.3) is 0 Å². The summed E-state index contributed by atoms with van der Waals surface area (Å²) in [4.78, 5) is 22.3. The topological polar surface area (TPSA) is 58.2 Å². The van der Waals surface area contributed by atoms with Gasteiger partial charge in [-0.25, -0.2) is 0 Å². The molecule has 27 heavy (non-hydrogen) atoms. The Labute approximate surface area is 158 Å². The minimum absolute atomic E-state index is 0.207.